The third-order valence-corrected chi connectivity index (χ3v) is 17.5. The Balaban J connectivity index is 1.09. The first-order valence-electron chi connectivity index (χ1n) is 27.6. The van der Waals surface area contributed by atoms with Crippen LogP contribution in [0.25, 0.3) is 181 Å². The van der Waals surface area contributed by atoms with Crippen molar-refractivity contribution in [2.45, 2.75) is 0 Å². The zero-order valence-corrected chi connectivity index (χ0v) is 43.7. The van der Waals surface area contributed by atoms with Crippen LogP contribution in [0, 0.1) is 22.7 Å². The smallest absolute Gasteiger partial charge is 0.145 e. The molecule has 382 valence electrons. The topological polar surface area (TPSA) is 115 Å². The van der Waals surface area contributed by atoms with E-state index >= 15 is 0 Å². The van der Waals surface area contributed by atoms with Crippen molar-refractivity contribution in [3.8, 4) is 40.3 Å². The lowest BCUT2D eigenvalue weighted by atomic mass is 9.90. The lowest BCUT2D eigenvalue weighted by Crippen LogP contribution is -2.14. The van der Waals surface area contributed by atoms with Gasteiger partial charge in [-0.2, -0.15) is 10.5 Å². The molecule has 0 radical (unpaired) electrons. The van der Waals surface area contributed by atoms with Crippen molar-refractivity contribution in [1.29, 1.82) is 10.5 Å². The van der Waals surface area contributed by atoms with E-state index < -0.39 is 0 Å². The molecular weight excluding hydrogens is 1020 g/mol. The maximum atomic E-state index is 12.9. The molecule has 0 N–H and O–H groups in total. The molecule has 9 nitrogen and oxygen atoms in total. The van der Waals surface area contributed by atoms with Crippen molar-refractivity contribution in [2.24, 2.45) is 0 Å². The summed E-state index contributed by atoms with van der Waals surface area (Å²) in [6.45, 7) is 0. The van der Waals surface area contributed by atoms with E-state index in [2.05, 4.69) is 129 Å². The lowest BCUT2D eigenvalue weighted by molar-refractivity contribution is 0.670. The van der Waals surface area contributed by atoms with E-state index in [-0.39, 0.29) is 0 Å². The maximum absolute atomic E-state index is 12.9. The number of benzene rings is 12. The van der Waals surface area contributed by atoms with Crippen LogP contribution in [0.15, 0.2) is 242 Å². The van der Waals surface area contributed by atoms with Crippen LogP contribution in [0.3, 0.4) is 0 Å². The van der Waals surface area contributed by atoms with Crippen molar-refractivity contribution in [3.05, 3.63) is 236 Å². The van der Waals surface area contributed by atoms with E-state index in [4.69, 9.17) is 17.7 Å². The Labute approximate surface area is 468 Å². The van der Waals surface area contributed by atoms with Gasteiger partial charge in [-0.05, 0) is 78.9 Å². The van der Waals surface area contributed by atoms with Crippen LogP contribution >= 0.6 is 0 Å². The van der Waals surface area contributed by atoms with Crippen LogP contribution in [0.4, 0.5) is 0 Å². The minimum atomic E-state index is 0.317. The van der Waals surface area contributed by atoms with Crippen molar-refractivity contribution in [1.82, 2.24) is 13.7 Å². The molecule has 0 bridgehead atoms. The quantitative estimate of drug-likeness (QED) is 0.173. The Morgan fingerprint density at radius 2 is 0.566 bits per heavy atom. The van der Waals surface area contributed by atoms with Gasteiger partial charge >= 0.3 is 0 Å². The summed E-state index contributed by atoms with van der Waals surface area (Å²) in [4.78, 5) is 0. The van der Waals surface area contributed by atoms with Crippen molar-refractivity contribution in [3.63, 3.8) is 0 Å². The van der Waals surface area contributed by atoms with Crippen molar-refractivity contribution in [2.75, 3.05) is 0 Å². The number of fused-ring (bicyclic) bond motifs is 24. The molecule has 0 saturated heterocycles. The first kappa shape index (κ1) is 44.1. The summed E-state index contributed by atoms with van der Waals surface area (Å²) in [5.74, 6) is 0. The molecule has 7 aromatic heterocycles. The maximum Gasteiger partial charge on any atom is 0.145 e. The average molecular weight is 1060 g/mol. The SMILES string of the molecule is N#Cc1c(-c2cccc3c2oc2ccccc23)c(-n2c3ccccc3c3c4oc5ccccc5c4ccc32)c(C#N)c(-n2c3ccccc3c3c4oc5ccccc5c4ccc32)c1-n1c2ccccc2c2c3oc4ccccc4c3ccc21. The van der Waals surface area contributed by atoms with Crippen LogP contribution in [-0.2, 0) is 0 Å². The van der Waals surface area contributed by atoms with E-state index in [1.165, 1.54) is 0 Å². The molecule has 0 aliphatic carbocycles. The third-order valence-electron chi connectivity index (χ3n) is 17.5. The van der Waals surface area contributed by atoms with E-state index in [0.717, 1.165) is 142 Å². The van der Waals surface area contributed by atoms with Gasteiger partial charge in [0, 0.05) is 70.4 Å². The fourth-order valence-electron chi connectivity index (χ4n) is 14.2. The lowest BCUT2D eigenvalue weighted by Gasteiger charge is -2.26. The summed E-state index contributed by atoms with van der Waals surface area (Å²) in [6.07, 6.45) is 0. The summed E-state index contributed by atoms with van der Waals surface area (Å²) >= 11 is 0. The Morgan fingerprint density at radius 1 is 0.253 bits per heavy atom. The molecule has 0 fully saturated rings. The Kier molecular flexibility index (Phi) is 8.48. The summed E-state index contributed by atoms with van der Waals surface area (Å²) < 4.78 is 34.3. The normalized spacial score (nSPS) is 12.3. The van der Waals surface area contributed by atoms with E-state index in [0.29, 0.717) is 50.5 Å². The van der Waals surface area contributed by atoms with Crippen molar-refractivity contribution < 1.29 is 17.7 Å². The molecule has 83 heavy (non-hydrogen) atoms. The average Bonchev–Trinajstić information content (AvgIpc) is 4.28. The summed E-state index contributed by atoms with van der Waals surface area (Å²) in [5.41, 5.74) is 14.0. The van der Waals surface area contributed by atoms with Gasteiger partial charge in [-0.15, -0.1) is 0 Å². The molecule has 0 aliphatic rings. The zero-order valence-electron chi connectivity index (χ0n) is 43.7. The number of hydrogen-bond donors (Lipinski definition) is 0. The summed E-state index contributed by atoms with van der Waals surface area (Å²) in [7, 11) is 0. The van der Waals surface area contributed by atoms with Crippen LogP contribution in [0.2, 0.25) is 0 Å². The molecule has 0 atom stereocenters. The highest BCUT2D eigenvalue weighted by Crippen LogP contribution is 2.53. The number of nitriles is 2. The highest BCUT2D eigenvalue weighted by molar-refractivity contribution is 6.28. The van der Waals surface area contributed by atoms with Gasteiger partial charge in [0.05, 0.1) is 71.9 Å². The standard InChI is InChI=1S/C74H37N5O4/c75-38-52-64(51-24-15-23-44-40-16-4-11-28-60(40)80-71(44)51)68(77-54-25-8-1-20-48(54)65-57(77)35-32-45-41-17-5-12-29-61(41)81-72(45)65)53(39-76)70(79-56-27-10-3-22-50(56)67-59(79)37-34-47-43-19-7-14-31-63(43)83-74(47)67)69(52)78-55-26-9-2-21-49(55)66-58(78)36-33-46-42-18-6-13-30-62(42)82-73(46)66/h1-37H. The molecule has 9 heteroatoms. The Bertz CT molecular complexity index is 6230. The Hall–Kier alpha value is -11.8. The molecule has 19 rings (SSSR count). The van der Waals surface area contributed by atoms with Gasteiger partial charge in [-0.25, -0.2) is 0 Å². The first-order valence-corrected chi connectivity index (χ1v) is 27.6. The van der Waals surface area contributed by atoms with Gasteiger partial charge < -0.3 is 31.4 Å². The highest BCUT2D eigenvalue weighted by Gasteiger charge is 2.35. The van der Waals surface area contributed by atoms with Crippen molar-refractivity contribution >= 4 is 153 Å². The molecule has 0 amide bonds. The monoisotopic (exact) mass is 1060 g/mol. The van der Waals surface area contributed by atoms with Crippen LogP contribution in [0.1, 0.15) is 11.1 Å². The summed E-state index contributed by atoms with van der Waals surface area (Å²) in [6, 6.07) is 82.1. The second-order valence-corrected chi connectivity index (χ2v) is 21.5. The molecule has 0 aliphatic heterocycles. The predicted octanol–water partition coefficient (Wildman–Crippen LogP) is 20.0. The van der Waals surface area contributed by atoms with E-state index in [9.17, 15) is 10.5 Å². The van der Waals surface area contributed by atoms with Gasteiger partial charge in [0.2, 0.25) is 0 Å². The van der Waals surface area contributed by atoms with E-state index in [1.807, 2.05) is 121 Å². The molecule has 0 unspecified atom stereocenters. The zero-order chi connectivity index (χ0) is 54.3. The molecule has 0 saturated carbocycles. The Morgan fingerprint density at radius 3 is 0.964 bits per heavy atom. The number of para-hydroxylation sites is 8. The number of nitrogens with zero attached hydrogens (tertiary/aromatic N) is 5. The minimum Gasteiger partial charge on any atom is -0.455 e. The molecular formula is C74H37N5O4. The molecule has 12 aromatic carbocycles. The number of rotatable bonds is 4. The fourth-order valence-corrected chi connectivity index (χ4v) is 14.2. The van der Waals surface area contributed by atoms with Gasteiger partial charge in [0.15, 0.2) is 0 Å². The first-order chi connectivity index (χ1) is 41.1. The second-order valence-electron chi connectivity index (χ2n) is 21.5. The van der Waals surface area contributed by atoms with Gasteiger partial charge in [-0.1, -0.05) is 146 Å². The third kappa shape index (κ3) is 5.57. The minimum absolute atomic E-state index is 0.317. The largest absolute Gasteiger partial charge is 0.455 e. The molecule has 19 aromatic rings. The number of hydrogen-bond acceptors (Lipinski definition) is 6. The number of furan rings is 4. The van der Waals surface area contributed by atoms with Gasteiger partial charge in [0.25, 0.3) is 0 Å². The number of aromatic nitrogens is 3. The van der Waals surface area contributed by atoms with Gasteiger partial charge in [0.1, 0.15) is 62.4 Å². The molecule has 7 heterocycles. The van der Waals surface area contributed by atoms with Crippen LogP contribution < -0.4 is 0 Å². The van der Waals surface area contributed by atoms with Gasteiger partial charge in [-0.3, -0.25) is 0 Å². The predicted molar refractivity (Wildman–Crippen MR) is 333 cm³/mol. The molecule has 0 spiro atoms. The summed E-state index contributed by atoms with van der Waals surface area (Å²) in [5, 5.41) is 38.9. The fraction of sp³-hybridized carbons (Fsp3) is 0. The van der Waals surface area contributed by atoms with Crippen LogP contribution in [0.5, 0.6) is 0 Å². The van der Waals surface area contributed by atoms with E-state index in [1.54, 1.807) is 0 Å². The highest BCUT2D eigenvalue weighted by atomic mass is 16.3. The van der Waals surface area contributed by atoms with Crippen LogP contribution in [-0.4, -0.2) is 13.7 Å². The second kappa shape index (κ2) is 16.0.